The van der Waals surface area contributed by atoms with Crippen molar-refractivity contribution < 1.29 is 18.8 Å². The van der Waals surface area contributed by atoms with E-state index in [0.29, 0.717) is 0 Å². The van der Waals surface area contributed by atoms with E-state index in [1.165, 1.54) is 11.8 Å². The van der Waals surface area contributed by atoms with E-state index in [4.69, 9.17) is 9.31 Å². The minimum absolute atomic E-state index is 0.0794. The molecule has 0 unspecified atom stereocenters. The van der Waals surface area contributed by atoms with Crippen LogP contribution < -0.4 is 5.46 Å². The van der Waals surface area contributed by atoms with Crippen LogP contribution in [0, 0.1) is 0 Å². The van der Waals surface area contributed by atoms with Crippen LogP contribution in [0.4, 0.5) is 0 Å². The maximum atomic E-state index is 11.2. The summed E-state index contributed by atoms with van der Waals surface area (Å²) in [5, 5.41) is 4.10. The molecule has 1 saturated heterocycles. The molecule has 0 amide bonds. The standard InChI is InChI=1S/C12H19BN2O4/c1-11(2)12(3,4)19-13(18-11)9-6-14-15(7-9)8-10(16)17-5/h6-7H,8H2,1-5H3. The first-order chi connectivity index (χ1) is 8.75. The molecule has 0 radical (unpaired) electrons. The number of carbonyl (C=O) groups excluding carboxylic acids is 1. The molecule has 1 aromatic heterocycles. The van der Waals surface area contributed by atoms with Crippen molar-refractivity contribution >= 4 is 18.6 Å². The summed E-state index contributed by atoms with van der Waals surface area (Å²) < 4.78 is 17.9. The third kappa shape index (κ3) is 2.67. The molecule has 1 aliphatic heterocycles. The summed E-state index contributed by atoms with van der Waals surface area (Å²) in [6.45, 7) is 8.05. The summed E-state index contributed by atoms with van der Waals surface area (Å²) in [4.78, 5) is 11.2. The highest BCUT2D eigenvalue weighted by atomic mass is 16.7. The van der Waals surface area contributed by atoms with Gasteiger partial charge in [0.15, 0.2) is 0 Å². The molecule has 1 fully saturated rings. The van der Waals surface area contributed by atoms with Crippen LogP contribution in [0.3, 0.4) is 0 Å². The monoisotopic (exact) mass is 266 g/mol. The lowest BCUT2D eigenvalue weighted by Crippen LogP contribution is -2.41. The van der Waals surface area contributed by atoms with Crippen LogP contribution in [0.15, 0.2) is 12.4 Å². The Hall–Kier alpha value is -1.34. The van der Waals surface area contributed by atoms with E-state index < -0.39 is 7.12 Å². The van der Waals surface area contributed by atoms with Gasteiger partial charge in [0, 0.05) is 17.9 Å². The third-order valence-corrected chi connectivity index (χ3v) is 3.70. The number of hydrogen-bond donors (Lipinski definition) is 0. The minimum Gasteiger partial charge on any atom is -0.468 e. The molecular formula is C12H19BN2O4. The topological polar surface area (TPSA) is 62.6 Å². The van der Waals surface area contributed by atoms with Crippen molar-refractivity contribution in [2.75, 3.05) is 7.11 Å². The van der Waals surface area contributed by atoms with Crippen LogP contribution in [-0.4, -0.2) is 41.2 Å². The summed E-state index contributed by atoms with van der Waals surface area (Å²) in [5.41, 5.74) is 0.0205. The first kappa shape index (κ1) is 14.1. The van der Waals surface area contributed by atoms with Crippen LogP contribution in [-0.2, 0) is 25.4 Å². The Balaban J connectivity index is 2.11. The highest BCUT2D eigenvalue weighted by Crippen LogP contribution is 2.36. The zero-order valence-electron chi connectivity index (χ0n) is 12.0. The second-order valence-electron chi connectivity index (χ2n) is 5.64. The van der Waals surface area contributed by atoms with E-state index >= 15 is 0 Å². The Morgan fingerprint density at radius 2 is 1.95 bits per heavy atom. The summed E-state index contributed by atoms with van der Waals surface area (Å²) >= 11 is 0. The van der Waals surface area contributed by atoms with Crippen molar-refractivity contribution in [3.8, 4) is 0 Å². The van der Waals surface area contributed by atoms with Gasteiger partial charge in [-0.1, -0.05) is 0 Å². The van der Waals surface area contributed by atoms with Gasteiger partial charge in [-0.15, -0.1) is 0 Å². The first-order valence-corrected chi connectivity index (χ1v) is 6.20. The number of nitrogens with zero attached hydrogens (tertiary/aromatic N) is 2. The number of aromatic nitrogens is 2. The summed E-state index contributed by atoms with van der Waals surface area (Å²) in [6.07, 6.45) is 3.38. The maximum Gasteiger partial charge on any atom is 0.498 e. The SMILES string of the molecule is COC(=O)Cn1cc(B2OC(C)(C)C(C)(C)O2)cn1. The molecular weight excluding hydrogens is 247 g/mol. The normalized spacial score (nSPS) is 20.6. The van der Waals surface area contributed by atoms with Crippen LogP contribution in [0.2, 0.25) is 0 Å². The molecule has 0 N–H and O–H groups in total. The van der Waals surface area contributed by atoms with Gasteiger partial charge in [-0.3, -0.25) is 9.48 Å². The number of esters is 1. The fourth-order valence-electron chi connectivity index (χ4n) is 1.76. The number of rotatable bonds is 3. The van der Waals surface area contributed by atoms with Gasteiger partial charge < -0.3 is 14.0 Å². The molecule has 19 heavy (non-hydrogen) atoms. The van der Waals surface area contributed by atoms with E-state index in [9.17, 15) is 4.79 Å². The summed E-state index contributed by atoms with van der Waals surface area (Å²) in [6, 6.07) is 0. The van der Waals surface area contributed by atoms with E-state index in [2.05, 4.69) is 9.84 Å². The van der Waals surface area contributed by atoms with Crippen LogP contribution in [0.1, 0.15) is 27.7 Å². The predicted octanol–water partition coefficient (Wildman–Crippen LogP) is 0.355. The Morgan fingerprint density at radius 1 is 1.37 bits per heavy atom. The Labute approximate surface area is 113 Å². The molecule has 0 aliphatic carbocycles. The van der Waals surface area contributed by atoms with Gasteiger partial charge in [0.25, 0.3) is 0 Å². The third-order valence-electron chi connectivity index (χ3n) is 3.70. The largest absolute Gasteiger partial charge is 0.498 e. The molecule has 2 rings (SSSR count). The second kappa shape index (κ2) is 4.65. The molecule has 1 aliphatic rings. The van der Waals surface area contributed by atoms with Gasteiger partial charge in [-0.2, -0.15) is 5.10 Å². The number of carbonyl (C=O) groups is 1. The zero-order valence-corrected chi connectivity index (χ0v) is 12.0. The van der Waals surface area contributed by atoms with Crippen molar-refractivity contribution in [2.45, 2.75) is 45.4 Å². The van der Waals surface area contributed by atoms with E-state index in [0.717, 1.165) is 5.46 Å². The van der Waals surface area contributed by atoms with Crippen LogP contribution in [0.5, 0.6) is 0 Å². The lowest BCUT2D eigenvalue weighted by molar-refractivity contribution is -0.141. The molecule has 1 aromatic rings. The summed E-state index contributed by atoms with van der Waals surface area (Å²) in [5.74, 6) is -0.344. The van der Waals surface area contributed by atoms with Gasteiger partial charge in [0.05, 0.1) is 18.3 Å². The maximum absolute atomic E-state index is 11.2. The lowest BCUT2D eigenvalue weighted by Gasteiger charge is -2.32. The quantitative estimate of drug-likeness (QED) is 0.583. The Bertz CT molecular complexity index is 468. The zero-order chi connectivity index (χ0) is 14.3. The van der Waals surface area contributed by atoms with Gasteiger partial charge in [0.2, 0.25) is 0 Å². The van der Waals surface area contributed by atoms with Crippen LogP contribution >= 0.6 is 0 Å². The van der Waals surface area contributed by atoms with Gasteiger partial charge >= 0.3 is 13.1 Å². The second-order valence-corrected chi connectivity index (χ2v) is 5.64. The molecule has 2 heterocycles. The molecule has 6 nitrogen and oxygen atoms in total. The minimum atomic E-state index is -0.462. The van der Waals surface area contributed by atoms with Crippen molar-refractivity contribution in [1.29, 1.82) is 0 Å². The molecule has 0 bridgehead atoms. The van der Waals surface area contributed by atoms with Crippen molar-refractivity contribution in [1.82, 2.24) is 9.78 Å². The van der Waals surface area contributed by atoms with Crippen molar-refractivity contribution in [3.63, 3.8) is 0 Å². The first-order valence-electron chi connectivity index (χ1n) is 6.20. The average Bonchev–Trinajstić information content (AvgIpc) is 2.82. The average molecular weight is 266 g/mol. The van der Waals surface area contributed by atoms with E-state index in [-0.39, 0.29) is 23.7 Å². The molecule has 7 heteroatoms. The smallest absolute Gasteiger partial charge is 0.468 e. The molecule has 0 aromatic carbocycles. The number of ether oxygens (including phenoxy) is 1. The van der Waals surface area contributed by atoms with Crippen molar-refractivity contribution in [3.05, 3.63) is 12.4 Å². The fourth-order valence-corrected chi connectivity index (χ4v) is 1.76. The predicted molar refractivity (Wildman–Crippen MR) is 70.0 cm³/mol. The van der Waals surface area contributed by atoms with E-state index in [1.807, 2.05) is 27.7 Å². The van der Waals surface area contributed by atoms with Gasteiger partial charge in [0.1, 0.15) is 6.54 Å². The number of hydrogen-bond acceptors (Lipinski definition) is 5. The molecule has 104 valence electrons. The number of methoxy groups -OCH3 is 1. The van der Waals surface area contributed by atoms with Gasteiger partial charge in [-0.25, -0.2) is 0 Å². The molecule has 0 saturated carbocycles. The molecule has 0 spiro atoms. The van der Waals surface area contributed by atoms with Gasteiger partial charge in [-0.05, 0) is 27.7 Å². The Morgan fingerprint density at radius 3 is 2.47 bits per heavy atom. The highest BCUT2D eigenvalue weighted by Gasteiger charge is 2.52. The van der Waals surface area contributed by atoms with Crippen molar-refractivity contribution in [2.24, 2.45) is 0 Å². The molecule has 0 atom stereocenters. The van der Waals surface area contributed by atoms with Crippen LogP contribution in [0.25, 0.3) is 0 Å². The fraction of sp³-hybridized carbons (Fsp3) is 0.667. The highest BCUT2D eigenvalue weighted by molar-refractivity contribution is 6.62. The Kier molecular flexibility index (Phi) is 3.44. The van der Waals surface area contributed by atoms with E-state index in [1.54, 1.807) is 12.4 Å². The summed E-state index contributed by atoms with van der Waals surface area (Å²) in [7, 11) is 0.887. The lowest BCUT2D eigenvalue weighted by atomic mass is 9.82.